The molecule has 9 heteroatoms. The fourth-order valence-corrected chi connectivity index (χ4v) is 4.74. The standard InChI is InChI=1S/C28H46N2O6Si/c1-7-34-27(33)24-23(36-24)26(32)30-22(18-17-21-15-11-10-12-16-21)25(31)29-19-13-8-9-14-20-35-37(5,6)28(2,3)4/h10-12,15-16,22-24H,7-9,13-14,17-20H2,1-6H3,(H,29,31)(H,30,32)/t22-,23-,24-/m0/s1. The third kappa shape index (κ3) is 10.6. The third-order valence-corrected chi connectivity index (χ3v) is 11.6. The highest BCUT2D eigenvalue weighted by molar-refractivity contribution is 6.74. The molecule has 0 saturated carbocycles. The molecule has 1 aromatic carbocycles. The van der Waals surface area contributed by atoms with E-state index in [1.807, 2.05) is 30.3 Å². The minimum Gasteiger partial charge on any atom is -0.464 e. The molecule has 0 unspecified atom stereocenters. The molecule has 1 aliphatic heterocycles. The lowest BCUT2D eigenvalue weighted by Gasteiger charge is -2.36. The topological polar surface area (TPSA) is 106 Å². The maximum Gasteiger partial charge on any atom is 0.338 e. The third-order valence-electron chi connectivity index (χ3n) is 7.11. The van der Waals surface area contributed by atoms with Gasteiger partial charge in [-0.1, -0.05) is 63.9 Å². The number of rotatable bonds is 16. The van der Waals surface area contributed by atoms with Crippen LogP contribution in [0.4, 0.5) is 0 Å². The van der Waals surface area contributed by atoms with Gasteiger partial charge in [0.05, 0.1) is 6.61 Å². The van der Waals surface area contributed by atoms with Crippen LogP contribution in [0.3, 0.4) is 0 Å². The first-order valence-corrected chi connectivity index (χ1v) is 16.4. The van der Waals surface area contributed by atoms with Crippen LogP contribution in [0.5, 0.6) is 0 Å². The number of hydrogen-bond acceptors (Lipinski definition) is 6. The number of amides is 2. The van der Waals surface area contributed by atoms with Crippen molar-refractivity contribution in [2.75, 3.05) is 19.8 Å². The van der Waals surface area contributed by atoms with Crippen LogP contribution in [0, 0.1) is 0 Å². The second-order valence-electron chi connectivity index (χ2n) is 11.1. The van der Waals surface area contributed by atoms with E-state index in [4.69, 9.17) is 13.9 Å². The van der Waals surface area contributed by atoms with E-state index in [1.165, 1.54) is 0 Å². The van der Waals surface area contributed by atoms with Gasteiger partial charge in [0.1, 0.15) is 6.04 Å². The second kappa shape index (κ2) is 14.6. The first-order chi connectivity index (χ1) is 17.5. The quantitative estimate of drug-likeness (QED) is 0.143. The predicted molar refractivity (Wildman–Crippen MR) is 147 cm³/mol. The minimum atomic E-state index is -1.70. The van der Waals surface area contributed by atoms with E-state index in [-0.39, 0.29) is 17.6 Å². The van der Waals surface area contributed by atoms with Crippen LogP contribution in [0.2, 0.25) is 18.1 Å². The Balaban J connectivity index is 1.75. The zero-order valence-electron chi connectivity index (χ0n) is 23.4. The van der Waals surface area contributed by atoms with Crippen molar-refractivity contribution in [2.45, 2.75) is 103 Å². The lowest BCUT2D eigenvalue weighted by molar-refractivity contribution is -0.144. The van der Waals surface area contributed by atoms with E-state index < -0.39 is 38.4 Å². The van der Waals surface area contributed by atoms with Gasteiger partial charge in [-0.3, -0.25) is 9.59 Å². The highest BCUT2D eigenvalue weighted by atomic mass is 28.4. The summed E-state index contributed by atoms with van der Waals surface area (Å²) < 4.78 is 16.3. The summed E-state index contributed by atoms with van der Waals surface area (Å²) in [6.07, 6.45) is 3.22. The molecule has 1 fully saturated rings. The summed E-state index contributed by atoms with van der Waals surface area (Å²) in [5.74, 6) is -1.24. The number of esters is 1. The number of nitrogens with one attached hydrogen (secondary N) is 2. The van der Waals surface area contributed by atoms with E-state index in [9.17, 15) is 14.4 Å². The van der Waals surface area contributed by atoms with Crippen LogP contribution in [0.15, 0.2) is 30.3 Å². The zero-order valence-corrected chi connectivity index (χ0v) is 24.4. The van der Waals surface area contributed by atoms with E-state index in [0.29, 0.717) is 19.4 Å². The van der Waals surface area contributed by atoms with Gasteiger partial charge in [0.2, 0.25) is 5.91 Å². The van der Waals surface area contributed by atoms with Gasteiger partial charge in [0, 0.05) is 13.2 Å². The SMILES string of the molecule is CCOC(=O)[C@H]1O[C@@H]1C(=O)N[C@@H](CCc1ccccc1)C(=O)NCCCCCCO[Si](C)(C)C(C)(C)C. The molecule has 3 atom stereocenters. The second-order valence-corrected chi connectivity index (χ2v) is 15.9. The van der Waals surface area contributed by atoms with E-state index in [1.54, 1.807) is 6.92 Å². The van der Waals surface area contributed by atoms with Crippen molar-refractivity contribution in [1.29, 1.82) is 0 Å². The molecule has 0 radical (unpaired) electrons. The number of ether oxygens (including phenoxy) is 2. The Morgan fingerprint density at radius 2 is 1.70 bits per heavy atom. The molecule has 0 aromatic heterocycles. The van der Waals surface area contributed by atoms with Gasteiger partial charge in [0.15, 0.2) is 20.5 Å². The maximum atomic E-state index is 12.9. The summed E-state index contributed by atoms with van der Waals surface area (Å²) in [6, 6.07) is 9.11. The van der Waals surface area contributed by atoms with Gasteiger partial charge in [-0.15, -0.1) is 0 Å². The fraction of sp³-hybridized carbons (Fsp3) is 0.679. The van der Waals surface area contributed by atoms with E-state index in [0.717, 1.165) is 37.9 Å². The van der Waals surface area contributed by atoms with Gasteiger partial charge in [-0.25, -0.2) is 4.79 Å². The van der Waals surface area contributed by atoms with Crippen molar-refractivity contribution in [3.8, 4) is 0 Å². The number of hydrogen-bond donors (Lipinski definition) is 2. The van der Waals surface area contributed by atoms with Gasteiger partial charge in [0.25, 0.3) is 5.91 Å². The molecular weight excluding hydrogens is 488 g/mol. The molecule has 0 spiro atoms. The Morgan fingerprint density at radius 1 is 1.03 bits per heavy atom. The van der Waals surface area contributed by atoms with Gasteiger partial charge >= 0.3 is 5.97 Å². The molecule has 0 bridgehead atoms. The Hall–Kier alpha value is -2.23. The fourth-order valence-electron chi connectivity index (χ4n) is 3.65. The van der Waals surface area contributed by atoms with Crippen molar-refractivity contribution in [2.24, 2.45) is 0 Å². The van der Waals surface area contributed by atoms with Crippen LogP contribution in [0.1, 0.15) is 65.4 Å². The lowest BCUT2D eigenvalue weighted by atomic mass is 10.0. The van der Waals surface area contributed by atoms with E-state index in [2.05, 4.69) is 44.5 Å². The van der Waals surface area contributed by atoms with Gasteiger partial charge < -0.3 is 24.5 Å². The van der Waals surface area contributed by atoms with Crippen molar-refractivity contribution < 1.29 is 28.3 Å². The molecule has 2 N–H and O–H groups in total. The molecule has 2 amide bonds. The summed E-state index contributed by atoms with van der Waals surface area (Å²) in [7, 11) is -1.70. The number of benzene rings is 1. The number of unbranched alkanes of at least 4 members (excludes halogenated alkanes) is 3. The average molecular weight is 535 g/mol. The number of aryl methyl sites for hydroxylation is 1. The van der Waals surface area contributed by atoms with Crippen LogP contribution in [-0.4, -0.2) is 64.1 Å². The van der Waals surface area contributed by atoms with Gasteiger partial charge in [-0.2, -0.15) is 0 Å². The zero-order chi connectivity index (χ0) is 27.5. The molecule has 0 aliphatic carbocycles. The summed E-state index contributed by atoms with van der Waals surface area (Å²) in [5, 5.41) is 5.95. The number of carbonyl (C=O) groups is 3. The molecule has 2 rings (SSSR count). The molecule has 8 nitrogen and oxygen atoms in total. The van der Waals surface area contributed by atoms with Crippen LogP contribution in [0.25, 0.3) is 0 Å². The maximum absolute atomic E-state index is 12.9. The molecular formula is C28H46N2O6Si. The Bertz CT molecular complexity index is 871. The Morgan fingerprint density at radius 3 is 2.35 bits per heavy atom. The lowest BCUT2D eigenvalue weighted by Crippen LogP contribution is -2.49. The molecule has 1 aromatic rings. The highest BCUT2D eigenvalue weighted by Gasteiger charge is 2.52. The Labute approximate surface area is 223 Å². The summed E-state index contributed by atoms with van der Waals surface area (Å²) >= 11 is 0. The first-order valence-electron chi connectivity index (χ1n) is 13.5. The summed E-state index contributed by atoms with van der Waals surface area (Å²) in [6.45, 7) is 14.5. The van der Waals surface area contributed by atoms with Crippen LogP contribution >= 0.6 is 0 Å². The predicted octanol–water partition coefficient (Wildman–Crippen LogP) is 4.13. The van der Waals surface area contributed by atoms with Crippen molar-refractivity contribution in [3.63, 3.8) is 0 Å². The summed E-state index contributed by atoms with van der Waals surface area (Å²) in [4.78, 5) is 37.4. The number of epoxide rings is 1. The molecule has 1 saturated heterocycles. The molecule has 1 aliphatic rings. The van der Waals surface area contributed by atoms with Crippen molar-refractivity contribution in [1.82, 2.24) is 10.6 Å². The average Bonchev–Trinajstić information content (AvgIpc) is 3.64. The number of carbonyl (C=O) groups excluding carboxylic acids is 3. The smallest absolute Gasteiger partial charge is 0.338 e. The van der Waals surface area contributed by atoms with Gasteiger partial charge in [-0.05, 0) is 56.3 Å². The highest BCUT2D eigenvalue weighted by Crippen LogP contribution is 2.36. The molecule has 1 heterocycles. The minimum absolute atomic E-state index is 0.217. The van der Waals surface area contributed by atoms with E-state index >= 15 is 0 Å². The molecule has 208 valence electrons. The van der Waals surface area contributed by atoms with Crippen molar-refractivity contribution in [3.05, 3.63) is 35.9 Å². The van der Waals surface area contributed by atoms with Crippen LogP contribution in [-0.2, 0) is 34.7 Å². The normalized spacial score (nSPS) is 18.1. The largest absolute Gasteiger partial charge is 0.464 e. The first kappa shape index (κ1) is 31.0. The van der Waals surface area contributed by atoms with Crippen LogP contribution < -0.4 is 10.6 Å². The Kier molecular flexibility index (Phi) is 12.3. The monoisotopic (exact) mass is 534 g/mol. The summed E-state index contributed by atoms with van der Waals surface area (Å²) in [5.41, 5.74) is 1.08. The van der Waals surface area contributed by atoms with Crippen molar-refractivity contribution >= 4 is 26.1 Å². The molecule has 37 heavy (non-hydrogen) atoms.